The van der Waals surface area contributed by atoms with Crippen LogP contribution >= 0.6 is 11.3 Å². The zero-order chi connectivity index (χ0) is 12.3. The summed E-state index contributed by atoms with van der Waals surface area (Å²) in [6, 6.07) is 5.55. The Morgan fingerprint density at radius 3 is 2.76 bits per heavy atom. The highest BCUT2D eigenvalue weighted by Gasteiger charge is 2.11. The number of hydrogen-bond acceptors (Lipinski definition) is 2. The molecule has 0 spiro atoms. The Kier molecular flexibility index (Phi) is 3.86. The molecule has 2 rings (SSSR count). The van der Waals surface area contributed by atoms with Crippen molar-refractivity contribution in [3.05, 3.63) is 57.8 Å². The monoisotopic (exact) mass is 253 g/mol. The van der Waals surface area contributed by atoms with Gasteiger partial charge >= 0.3 is 0 Å². The van der Waals surface area contributed by atoms with E-state index < -0.39 is 11.6 Å². The molecule has 1 aromatic carbocycles. The molecule has 1 nitrogen and oxygen atoms in total. The van der Waals surface area contributed by atoms with E-state index in [1.807, 2.05) is 23.8 Å². The Morgan fingerprint density at radius 1 is 1.29 bits per heavy atom. The minimum atomic E-state index is -0.545. The molecule has 0 bridgehead atoms. The lowest BCUT2D eigenvalue weighted by Crippen LogP contribution is -2.18. The van der Waals surface area contributed by atoms with Gasteiger partial charge < -0.3 is 5.32 Å². The van der Waals surface area contributed by atoms with Gasteiger partial charge in [0.1, 0.15) is 11.6 Å². The smallest absolute Gasteiger partial charge is 0.130 e. The molecule has 4 heteroatoms. The van der Waals surface area contributed by atoms with Gasteiger partial charge in [0.25, 0.3) is 0 Å². The van der Waals surface area contributed by atoms with Gasteiger partial charge in [0.2, 0.25) is 0 Å². The highest BCUT2D eigenvalue weighted by molar-refractivity contribution is 7.07. The van der Waals surface area contributed by atoms with Gasteiger partial charge in [-0.2, -0.15) is 11.3 Å². The molecule has 0 radical (unpaired) electrons. The van der Waals surface area contributed by atoms with Crippen molar-refractivity contribution in [2.75, 3.05) is 0 Å². The van der Waals surface area contributed by atoms with Crippen molar-refractivity contribution in [2.45, 2.75) is 19.5 Å². The molecule has 1 atom stereocenters. The van der Waals surface area contributed by atoms with Crippen LogP contribution in [0.15, 0.2) is 35.0 Å². The fourth-order valence-corrected chi connectivity index (χ4v) is 2.30. The van der Waals surface area contributed by atoms with Gasteiger partial charge in [-0.15, -0.1) is 0 Å². The molecule has 90 valence electrons. The first-order valence-electron chi connectivity index (χ1n) is 5.36. The van der Waals surface area contributed by atoms with Crippen LogP contribution in [0, 0.1) is 11.6 Å². The maximum Gasteiger partial charge on any atom is 0.130 e. The zero-order valence-corrected chi connectivity index (χ0v) is 10.2. The maximum atomic E-state index is 13.5. The van der Waals surface area contributed by atoms with Gasteiger partial charge in [-0.3, -0.25) is 0 Å². The summed E-state index contributed by atoms with van der Waals surface area (Å²) in [5.74, 6) is -1.05. The van der Waals surface area contributed by atoms with Gasteiger partial charge in [0, 0.05) is 24.2 Å². The van der Waals surface area contributed by atoms with Gasteiger partial charge in [-0.05, 0) is 35.4 Å². The lowest BCUT2D eigenvalue weighted by molar-refractivity contribution is 0.518. The number of rotatable bonds is 4. The Hall–Kier alpha value is -1.26. The molecule has 1 heterocycles. The van der Waals surface area contributed by atoms with E-state index >= 15 is 0 Å². The average molecular weight is 253 g/mol. The molecule has 1 unspecified atom stereocenters. The van der Waals surface area contributed by atoms with Crippen LogP contribution < -0.4 is 5.32 Å². The van der Waals surface area contributed by atoms with E-state index in [0.717, 1.165) is 6.07 Å². The second-order valence-electron chi connectivity index (χ2n) is 3.90. The minimum Gasteiger partial charge on any atom is -0.306 e. The minimum absolute atomic E-state index is 0.143. The van der Waals surface area contributed by atoms with Crippen LogP contribution in [0.3, 0.4) is 0 Å². The first kappa shape index (κ1) is 12.2. The van der Waals surface area contributed by atoms with E-state index in [9.17, 15) is 8.78 Å². The number of benzene rings is 1. The second-order valence-corrected chi connectivity index (χ2v) is 4.68. The predicted octanol–water partition coefficient (Wildman–Crippen LogP) is 3.88. The number of nitrogens with one attached hydrogen (secondary N) is 1. The lowest BCUT2D eigenvalue weighted by Gasteiger charge is -2.14. The molecule has 0 amide bonds. The van der Waals surface area contributed by atoms with Crippen molar-refractivity contribution in [3.63, 3.8) is 0 Å². The van der Waals surface area contributed by atoms with Gasteiger partial charge in [-0.1, -0.05) is 6.07 Å². The van der Waals surface area contributed by atoms with Crippen LogP contribution in [-0.4, -0.2) is 0 Å². The third-order valence-corrected chi connectivity index (χ3v) is 3.35. The van der Waals surface area contributed by atoms with Crippen molar-refractivity contribution < 1.29 is 8.78 Å². The van der Waals surface area contributed by atoms with Crippen molar-refractivity contribution >= 4 is 11.3 Å². The van der Waals surface area contributed by atoms with Crippen LogP contribution in [0.1, 0.15) is 24.1 Å². The van der Waals surface area contributed by atoms with Crippen molar-refractivity contribution in [2.24, 2.45) is 0 Å². The summed E-state index contributed by atoms with van der Waals surface area (Å²) in [5.41, 5.74) is 1.66. The number of thiophene rings is 1. The highest BCUT2D eigenvalue weighted by Crippen LogP contribution is 2.18. The predicted molar refractivity (Wildman–Crippen MR) is 65.9 cm³/mol. The zero-order valence-electron chi connectivity index (χ0n) is 9.41. The van der Waals surface area contributed by atoms with Gasteiger partial charge in [-0.25, -0.2) is 8.78 Å². The third-order valence-electron chi connectivity index (χ3n) is 2.62. The molecule has 1 aromatic heterocycles. The van der Waals surface area contributed by atoms with Gasteiger partial charge in [0.05, 0.1) is 0 Å². The molecule has 0 aliphatic heterocycles. The summed E-state index contributed by atoms with van der Waals surface area (Å²) in [4.78, 5) is 0. The molecule has 0 aliphatic rings. The second kappa shape index (κ2) is 5.38. The molecule has 0 saturated carbocycles. The van der Waals surface area contributed by atoms with E-state index in [1.165, 1.54) is 17.7 Å². The van der Waals surface area contributed by atoms with E-state index in [0.29, 0.717) is 12.1 Å². The van der Waals surface area contributed by atoms with Crippen LogP contribution in [0.5, 0.6) is 0 Å². The van der Waals surface area contributed by atoms with E-state index in [1.54, 1.807) is 11.3 Å². The molecule has 0 fully saturated rings. The standard InChI is InChI=1S/C13H13F2NS/c1-9(16-7-10-4-5-17-8-10)12-3-2-11(14)6-13(12)15/h2-6,8-9,16H,7H2,1H3. The highest BCUT2D eigenvalue weighted by atomic mass is 32.1. The van der Waals surface area contributed by atoms with Crippen LogP contribution in [0.2, 0.25) is 0 Å². The Balaban J connectivity index is 2.01. The Morgan fingerprint density at radius 2 is 2.12 bits per heavy atom. The van der Waals surface area contributed by atoms with Gasteiger partial charge in [0.15, 0.2) is 0 Å². The molecule has 17 heavy (non-hydrogen) atoms. The molecule has 0 saturated heterocycles. The van der Waals surface area contributed by atoms with Crippen molar-refractivity contribution in [1.29, 1.82) is 0 Å². The topological polar surface area (TPSA) is 12.0 Å². The number of halogens is 2. The summed E-state index contributed by atoms with van der Waals surface area (Å²) in [6.45, 7) is 2.55. The summed E-state index contributed by atoms with van der Waals surface area (Å²) >= 11 is 1.63. The first-order valence-corrected chi connectivity index (χ1v) is 6.30. The number of hydrogen-bond donors (Lipinski definition) is 1. The maximum absolute atomic E-state index is 13.5. The molecular weight excluding hydrogens is 240 g/mol. The van der Waals surface area contributed by atoms with E-state index in [2.05, 4.69) is 5.32 Å². The largest absolute Gasteiger partial charge is 0.306 e. The van der Waals surface area contributed by atoms with Crippen molar-refractivity contribution in [1.82, 2.24) is 5.32 Å². The molecule has 2 aromatic rings. The Bertz CT molecular complexity index is 482. The fraction of sp³-hybridized carbons (Fsp3) is 0.231. The third kappa shape index (κ3) is 3.11. The molecular formula is C13H13F2NS. The summed E-state index contributed by atoms with van der Waals surface area (Å²) in [6.07, 6.45) is 0. The summed E-state index contributed by atoms with van der Waals surface area (Å²) in [5, 5.41) is 7.25. The van der Waals surface area contributed by atoms with E-state index in [-0.39, 0.29) is 6.04 Å². The van der Waals surface area contributed by atoms with Crippen molar-refractivity contribution in [3.8, 4) is 0 Å². The van der Waals surface area contributed by atoms with Crippen LogP contribution in [-0.2, 0) is 6.54 Å². The van der Waals surface area contributed by atoms with Crippen LogP contribution in [0.4, 0.5) is 8.78 Å². The lowest BCUT2D eigenvalue weighted by atomic mass is 10.1. The Labute approximate surface area is 103 Å². The first-order chi connectivity index (χ1) is 8.16. The normalized spacial score (nSPS) is 12.6. The molecule has 0 aliphatic carbocycles. The van der Waals surface area contributed by atoms with E-state index in [4.69, 9.17) is 0 Å². The SMILES string of the molecule is CC(NCc1ccsc1)c1ccc(F)cc1F. The molecule has 1 N–H and O–H groups in total. The summed E-state index contributed by atoms with van der Waals surface area (Å²) in [7, 11) is 0. The average Bonchev–Trinajstić information content (AvgIpc) is 2.78. The summed E-state index contributed by atoms with van der Waals surface area (Å²) < 4.78 is 26.2. The van der Waals surface area contributed by atoms with Crippen LogP contribution in [0.25, 0.3) is 0 Å². The fourth-order valence-electron chi connectivity index (χ4n) is 1.63. The quantitative estimate of drug-likeness (QED) is 0.872.